The molecule has 2 aromatic carbocycles. The Labute approximate surface area is 180 Å². The van der Waals surface area contributed by atoms with Crippen LogP contribution in [0.4, 0.5) is 15.8 Å². The number of anilines is 2. The first-order valence-corrected chi connectivity index (χ1v) is 10.3. The van der Waals surface area contributed by atoms with Gasteiger partial charge >= 0.3 is 0 Å². The zero-order valence-corrected chi connectivity index (χ0v) is 17.6. The van der Waals surface area contributed by atoms with Gasteiger partial charge in [0.05, 0.1) is 22.6 Å². The number of carbonyl (C=O) groups is 2. The highest BCUT2D eigenvalue weighted by molar-refractivity contribution is 6.08. The third kappa shape index (κ3) is 3.91. The van der Waals surface area contributed by atoms with E-state index >= 15 is 0 Å². The van der Waals surface area contributed by atoms with Crippen LogP contribution in [0.1, 0.15) is 44.9 Å². The van der Waals surface area contributed by atoms with Crippen LogP contribution in [-0.2, 0) is 0 Å². The number of para-hydroxylation sites is 1. The van der Waals surface area contributed by atoms with E-state index in [1.807, 2.05) is 13.0 Å². The van der Waals surface area contributed by atoms with E-state index < -0.39 is 5.91 Å². The van der Waals surface area contributed by atoms with E-state index in [0.29, 0.717) is 28.2 Å². The molecule has 1 saturated heterocycles. The molecular weight excluding hydrogens is 395 g/mol. The standard InChI is InChI=1S/C24H25FN4O2/c1-15-13-18(16(2)29(15)21-8-4-3-7-19(21)25)24(31)27-20-14-17(23(26)30)9-10-22(20)28-11-5-6-12-28/h3-4,7-10,13-14H,5-6,11-12H2,1-2H3,(H2,26,30)(H,27,31). The summed E-state index contributed by atoms with van der Waals surface area (Å²) in [6, 6.07) is 13.3. The average Bonchev–Trinajstić information content (AvgIpc) is 3.37. The number of aromatic nitrogens is 1. The summed E-state index contributed by atoms with van der Waals surface area (Å²) < 4.78 is 16.1. The third-order valence-electron chi connectivity index (χ3n) is 5.75. The van der Waals surface area contributed by atoms with Crippen molar-refractivity contribution >= 4 is 23.2 Å². The van der Waals surface area contributed by atoms with Gasteiger partial charge in [-0.05, 0) is 63.1 Å². The molecule has 31 heavy (non-hydrogen) atoms. The van der Waals surface area contributed by atoms with Gasteiger partial charge in [0.15, 0.2) is 0 Å². The van der Waals surface area contributed by atoms with E-state index in [2.05, 4.69) is 10.2 Å². The second kappa shape index (κ2) is 8.26. The van der Waals surface area contributed by atoms with Crippen molar-refractivity contribution in [2.45, 2.75) is 26.7 Å². The van der Waals surface area contributed by atoms with Crippen molar-refractivity contribution in [2.24, 2.45) is 5.73 Å². The summed E-state index contributed by atoms with van der Waals surface area (Å²) in [6.07, 6.45) is 2.16. The molecule has 1 fully saturated rings. The molecule has 1 aromatic heterocycles. The molecule has 7 heteroatoms. The van der Waals surface area contributed by atoms with E-state index in [4.69, 9.17) is 5.73 Å². The second-order valence-corrected chi connectivity index (χ2v) is 7.82. The van der Waals surface area contributed by atoms with Crippen LogP contribution >= 0.6 is 0 Å². The van der Waals surface area contributed by atoms with E-state index in [1.54, 1.807) is 47.9 Å². The van der Waals surface area contributed by atoms with Crippen LogP contribution < -0.4 is 16.0 Å². The van der Waals surface area contributed by atoms with Crippen LogP contribution in [-0.4, -0.2) is 29.5 Å². The molecule has 2 heterocycles. The molecule has 0 bridgehead atoms. The van der Waals surface area contributed by atoms with Gasteiger partial charge < -0.3 is 20.5 Å². The van der Waals surface area contributed by atoms with Crippen LogP contribution in [0.15, 0.2) is 48.5 Å². The molecule has 6 nitrogen and oxygen atoms in total. The van der Waals surface area contributed by atoms with Gasteiger partial charge in [-0.15, -0.1) is 0 Å². The van der Waals surface area contributed by atoms with Crippen molar-refractivity contribution < 1.29 is 14.0 Å². The molecule has 0 aliphatic carbocycles. The fourth-order valence-electron chi connectivity index (χ4n) is 4.21. The number of aryl methyl sites for hydroxylation is 1. The summed E-state index contributed by atoms with van der Waals surface area (Å²) >= 11 is 0. The lowest BCUT2D eigenvalue weighted by Gasteiger charge is -2.22. The minimum Gasteiger partial charge on any atom is -0.370 e. The number of rotatable bonds is 5. The Morgan fingerprint density at radius 2 is 1.71 bits per heavy atom. The Kier molecular flexibility index (Phi) is 5.50. The van der Waals surface area contributed by atoms with E-state index in [1.165, 1.54) is 6.07 Å². The van der Waals surface area contributed by atoms with Crippen LogP contribution in [0, 0.1) is 19.7 Å². The third-order valence-corrected chi connectivity index (χ3v) is 5.75. The number of primary amides is 1. The molecule has 3 aromatic rings. The average molecular weight is 420 g/mol. The number of hydrogen-bond acceptors (Lipinski definition) is 3. The number of hydrogen-bond donors (Lipinski definition) is 2. The SMILES string of the molecule is Cc1cc(C(=O)Nc2cc(C(N)=O)ccc2N2CCCC2)c(C)n1-c1ccccc1F. The normalized spacial score (nSPS) is 13.5. The Balaban J connectivity index is 1.71. The van der Waals surface area contributed by atoms with E-state index in [0.717, 1.165) is 37.3 Å². The largest absolute Gasteiger partial charge is 0.370 e. The number of nitrogens with two attached hydrogens (primary N) is 1. The number of nitrogens with one attached hydrogen (secondary N) is 1. The van der Waals surface area contributed by atoms with Crippen molar-refractivity contribution in [3.8, 4) is 5.69 Å². The highest BCUT2D eigenvalue weighted by atomic mass is 19.1. The highest BCUT2D eigenvalue weighted by Gasteiger charge is 2.22. The van der Waals surface area contributed by atoms with Crippen molar-refractivity contribution in [2.75, 3.05) is 23.3 Å². The predicted octanol–water partition coefficient (Wildman–Crippen LogP) is 4.18. The summed E-state index contributed by atoms with van der Waals surface area (Å²) in [5, 5.41) is 2.95. The van der Waals surface area contributed by atoms with Crippen LogP contribution in [0.2, 0.25) is 0 Å². The molecule has 0 atom stereocenters. The number of halogens is 1. The number of benzene rings is 2. The lowest BCUT2D eigenvalue weighted by Crippen LogP contribution is -2.22. The van der Waals surface area contributed by atoms with Gasteiger partial charge in [0, 0.05) is 30.0 Å². The Bertz CT molecular complexity index is 1160. The van der Waals surface area contributed by atoms with E-state index in [-0.39, 0.29) is 11.7 Å². The predicted molar refractivity (Wildman–Crippen MR) is 120 cm³/mol. The van der Waals surface area contributed by atoms with Crippen LogP contribution in [0.25, 0.3) is 5.69 Å². The van der Waals surface area contributed by atoms with Gasteiger partial charge in [-0.2, -0.15) is 0 Å². The molecule has 1 aliphatic rings. The Hall–Kier alpha value is -3.61. The first-order chi connectivity index (χ1) is 14.9. The lowest BCUT2D eigenvalue weighted by molar-refractivity contribution is 0.0996. The fraction of sp³-hybridized carbons (Fsp3) is 0.250. The first-order valence-electron chi connectivity index (χ1n) is 10.3. The molecule has 0 unspecified atom stereocenters. The maximum Gasteiger partial charge on any atom is 0.257 e. The molecule has 0 spiro atoms. The van der Waals surface area contributed by atoms with Gasteiger partial charge in [0.1, 0.15) is 5.82 Å². The zero-order valence-electron chi connectivity index (χ0n) is 17.6. The Morgan fingerprint density at radius 3 is 2.39 bits per heavy atom. The maximum absolute atomic E-state index is 14.4. The van der Waals surface area contributed by atoms with Crippen LogP contribution in [0.3, 0.4) is 0 Å². The molecular formula is C24H25FN4O2. The lowest BCUT2D eigenvalue weighted by atomic mass is 10.1. The van der Waals surface area contributed by atoms with Crippen molar-refractivity contribution in [1.82, 2.24) is 4.57 Å². The van der Waals surface area contributed by atoms with Crippen molar-refractivity contribution in [1.29, 1.82) is 0 Å². The van der Waals surface area contributed by atoms with Gasteiger partial charge in [-0.25, -0.2) is 4.39 Å². The monoisotopic (exact) mass is 420 g/mol. The molecule has 0 radical (unpaired) electrons. The summed E-state index contributed by atoms with van der Waals surface area (Å²) in [5.41, 5.74) is 9.40. The zero-order chi connectivity index (χ0) is 22.1. The van der Waals surface area contributed by atoms with Crippen molar-refractivity contribution in [3.63, 3.8) is 0 Å². The molecule has 3 N–H and O–H groups in total. The van der Waals surface area contributed by atoms with Gasteiger partial charge in [-0.1, -0.05) is 12.1 Å². The Morgan fingerprint density at radius 1 is 1.00 bits per heavy atom. The summed E-state index contributed by atoms with van der Waals surface area (Å²) in [7, 11) is 0. The van der Waals surface area contributed by atoms with Crippen LogP contribution in [0.5, 0.6) is 0 Å². The molecule has 4 rings (SSSR count). The molecule has 2 amide bonds. The maximum atomic E-state index is 14.4. The summed E-state index contributed by atoms with van der Waals surface area (Å²) in [4.78, 5) is 27.1. The quantitative estimate of drug-likeness (QED) is 0.650. The number of amides is 2. The summed E-state index contributed by atoms with van der Waals surface area (Å²) in [6.45, 7) is 5.40. The number of nitrogens with zero attached hydrogens (tertiary/aromatic N) is 2. The van der Waals surface area contributed by atoms with Gasteiger partial charge in [0.25, 0.3) is 5.91 Å². The molecule has 160 valence electrons. The first kappa shape index (κ1) is 20.7. The number of carbonyl (C=O) groups excluding carboxylic acids is 2. The second-order valence-electron chi connectivity index (χ2n) is 7.82. The summed E-state index contributed by atoms with van der Waals surface area (Å²) in [5.74, 6) is -1.24. The van der Waals surface area contributed by atoms with Gasteiger partial charge in [0.2, 0.25) is 5.91 Å². The topological polar surface area (TPSA) is 80.4 Å². The minimum atomic E-state index is -0.554. The van der Waals surface area contributed by atoms with Gasteiger partial charge in [-0.3, -0.25) is 9.59 Å². The molecule has 1 aliphatic heterocycles. The highest BCUT2D eigenvalue weighted by Crippen LogP contribution is 2.31. The molecule has 0 saturated carbocycles. The van der Waals surface area contributed by atoms with E-state index in [9.17, 15) is 14.0 Å². The van der Waals surface area contributed by atoms with Crippen molar-refractivity contribution in [3.05, 3.63) is 76.9 Å². The minimum absolute atomic E-state index is 0.322. The smallest absolute Gasteiger partial charge is 0.257 e. The fourth-order valence-corrected chi connectivity index (χ4v) is 4.21.